The van der Waals surface area contributed by atoms with Gasteiger partial charge in [0, 0.05) is 19.2 Å². The van der Waals surface area contributed by atoms with Crippen molar-refractivity contribution in [1.82, 2.24) is 15.2 Å². The van der Waals surface area contributed by atoms with Gasteiger partial charge in [-0.25, -0.2) is 0 Å². The van der Waals surface area contributed by atoms with E-state index in [4.69, 9.17) is 10.6 Å². The number of aromatic nitrogens is 2. The summed E-state index contributed by atoms with van der Waals surface area (Å²) in [6.07, 6.45) is 2.74. The van der Waals surface area contributed by atoms with Crippen LogP contribution in [-0.2, 0) is 7.05 Å². The molecule has 3 rings (SSSR count). The summed E-state index contributed by atoms with van der Waals surface area (Å²) in [5, 5.41) is 4.23. The molecule has 0 spiro atoms. The van der Waals surface area contributed by atoms with Crippen LogP contribution in [0.3, 0.4) is 0 Å². The molecule has 5 heteroatoms. The minimum atomic E-state index is 0.0394. The normalized spacial score (nSPS) is 19.6. The van der Waals surface area contributed by atoms with Gasteiger partial charge in [0.1, 0.15) is 5.75 Å². The molecule has 2 heterocycles. The molecule has 1 aromatic heterocycles. The van der Waals surface area contributed by atoms with Crippen LogP contribution in [0.25, 0.3) is 0 Å². The largest absolute Gasteiger partial charge is 0.493 e. The highest BCUT2D eigenvalue weighted by atomic mass is 16.5. The predicted molar refractivity (Wildman–Crippen MR) is 72.6 cm³/mol. The lowest BCUT2D eigenvalue weighted by Crippen LogP contribution is -2.35. The van der Waals surface area contributed by atoms with Crippen molar-refractivity contribution in [3.63, 3.8) is 0 Å². The van der Waals surface area contributed by atoms with Crippen LogP contribution < -0.4 is 16.0 Å². The summed E-state index contributed by atoms with van der Waals surface area (Å²) in [6.45, 7) is 0.720. The molecule has 2 aromatic rings. The zero-order chi connectivity index (χ0) is 13.2. The first-order valence-electron chi connectivity index (χ1n) is 6.47. The number of nitrogens with one attached hydrogen (secondary N) is 1. The molecule has 1 aliphatic rings. The van der Waals surface area contributed by atoms with Crippen molar-refractivity contribution < 1.29 is 4.74 Å². The standard InChI is InChI=1S/C14H18N4O/c1-18-12(6-8-16-18)14(17-15)11-7-9-19-13-5-3-2-4-10(11)13/h2-6,8,11,14,17H,7,9,15H2,1H3. The first kappa shape index (κ1) is 12.2. The molecule has 0 radical (unpaired) electrons. The first-order chi connectivity index (χ1) is 9.31. The van der Waals surface area contributed by atoms with Gasteiger partial charge in [0.15, 0.2) is 0 Å². The van der Waals surface area contributed by atoms with Crippen molar-refractivity contribution >= 4 is 0 Å². The molecule has 0 saturated heterocycles. The molecular formula is C14H18N4O. The average molecular weight is 258 g/mol. The Balaban J connectivity index is 2.00. The van der Waals surface area contributed by atoms with Gasteiger partial charge in [0.25, 0.3) is 0 Å². The molecule has 0 saturated carbocycles. The van der Waals surface area contributed by atoms with Gasteiger partial charge in [-0.05, 0) is 24.1 Å². The van der Waals surface area contributed by atoms with E-state index in [9.17, 15) is 0 Å². The number of para-hydroxylation sites is 1. The van der Waals surface area contributed by atoms with Crippen molar-refractivity contribution in [1.29, 1.82) is 0 Å². The molecule has 2 unspecified atom stereocenters. The monoisotopic (exact) mass is 258 g/mol. The Morgan fingerprint density at radius 2 is 2.26 bits per heavy atom. The Labute approximate surface area is 112 Å². The highest BCUT2D eigenvalue weighted by molar-refractivity contribution is 5.39. The Hall–Kier alpha value is -1.85. The number of rotatable bonds is 3. The molecule has 3 N–H and O–H groups in total. The number of fused-ring (bicyclic) bond motifs is 1. The molecule has 2 atom stereocenters. The van der Waals surface area contributed by atoms with E-state index >= 15 is 0 Å². The van der Waals surface area contributed by atoms with Crippen LogP contribution in [0.5, 0.6) is 5.75 Å². The Bertz CT molecular complexity index is 566. The van der Waals surface area contributed by atoms with E-state index < -0.39 is 0 Å². The lowest BCUT2D eigenvalue weighted by molar-refractivity contribution is 0.243. The van der Waals surface area contributed by atoms with Crippen molar-refractivity contribution in [3.05, 3.63) is 47.8 Å². The topological polar surface area (TPSA) is 65.1 Å². The molecule has 1 aliphatic heterocycles. The number of hydrogen-bond donors (Lipinski definition) is 2. The number of hydrogen-bond acceptors (Lipinski definition) is 4. The number of ether oxygens (including phenoxy) is 1. The third-order valence-electron chi connectivity index (χ3n) is 3.76. The van der Waals surface area contributed by atoms with Crippen molar-refractivity contribution in [2.45, 2.75) is 18.4 Å². The summed E-state index contributed by atoms with van der Waals surface area (Å²) < 4.78 is 7.57. The van der Waals surface area contributed by atoms with Crippen molar-refractivity contribution in [2.75, 3.05) is 6.61 Å². The zero-order valence-corrected chi connectivity index (χ0v) is 10.9. The summed E-state index contributed by atoms with van der Waals surface area (Å²) in [5.41, 5.74) is 5.23. The van der Waals surface area contributed by atoms with Crippen molar-refractivity contribution in [2.24, 2.45) is 12.9 Å². The van der Waals surface area contributed by atoms with E-state index in [0.29, 0.717) is 5.92 Å². The highest BCUT2D eigenvalue weighted by Gasteiger charge is 2.30. The van der Waals surface area contributed by atoms with E-state index in [2.05, 4.69) is 16.6 Å². The second-order valence-corrected chi connectivity index (χ2v) is 4.81. The van der Waals surface area contributed by atoms with Crippen LogP contribution in [0.4, 0.5) is 0 Å². The number of hydrazine groups is 1. The Morgan fingerprint density at radius 1 is 1.42 bits per heavy atom. The fourth-order valence-corrected chi connectivity index (χ4v) is 2.81. The highest BCUT2D eigenvalue weighted by Crippen LogP contribution is 2.40. The maximum atomic E-state index is 5.79. The van der Waals surface area contributed by atoms with Crippen LogP contribution in [0, 0.1) is 0 Å². The first-order valence-corrected chi connectivity index (χ1v) is 6.47. The van der Waals surface area contributed by atoms with Crippen LogP contribution >= 0.6 is 0 Å². The fraction of sp³-hybridized carbons (Fsp3) is 0.357. The number of benzene rings is 1. The van der Waals surface area contributed by atoms with Crippen LogP contribution in [0.15, 0.2) is 36.5 Å². The molecule has 0 aliphatic carbocycles. The van der Waals surface area contributed by atoms with Gasteiger partial charge < -0.3 is 4.74 Å². The lowest BCUT2D eigenvalue weighted by atomic mass is 9.85. The number of nitrogens with zero attached hydrogens (tertiary/aromatic N) is 2. The van der Waals surface area contributed by atoms with Crippen LogP contribution in [-0.4, -0.2) is 16.4 Å². The predicted octanol–water partition coefficient (Wildman–Crippen LogP) is 1.49. The van der Waals surface area contributed by atoms with E-state index in [1.54, 1.807) is 6.20 Å². The quantitative estimate of drug-likeness (QED) is 0.646. The van der Waals surface area contributed by atoms with Gasteiger partial charge in [0.2, 0.25) is 0 Å². The third kappa shape index (κ3) is 2.11. The number of nitrogens with two attached hydrogens (primary N) is 1. The lowest BCUT2D eigenvalue weighted by Gasteiger charge is -2.32. The maximum Gasteiger partial charge on any atom is 0.122 e. The zero-order valence-electron chi connectivity index (χ0n) is 10.9. The van der Waals surface area contributed by atoms with E-state index in [0.717, 1.165) is 24.5 Å². The smallest absolute Gasteiger partial charge is 0.122 e. The maximum absolute atomic E-state index is 5.79. The summed E-state index contributed by atoms with van der Waals surface area (Å²) in [6, 6.07) is 10.2. The third-order valence-corrected chi connectivity index (χ3v) is 3.76. The molecule has 0 bridgehead atoms. The average Bonchev–Trinajstić information content (AvgIpc) is 2.86. The molecule has 19 heavy (non-hydrogen) atoms. The van der Waals surface area contributed by atoms with Gasteiger partial charge in [0.05, 0.1) is 18.3 Å². The van der Waals surface area contributed by atoms with Gasteiger partial charge in [-0.1, -0.05) is 18.2 Å². The second-order valence-electron chi connectivity index (χ2n) is 4.81. The van der Waals surface area contributed by atoms with E-state index in [1.807, 2.05) is 36.0 Å². The Kier molecular flexibility index (Phi) is 3.23. The van der Waals surface area contributed by atoms with Gasteiger partial charge in [-0.3, -0.25) is 16.0 Å². The van der Waals surface area contributed by atoms with E-state index in [1.165, 1.54) is 5.56 Å². The van der Waals surface area contributed by atoms with Gasteiger partial charge in [-0.15, -0.1) is 0 Å². The van der Waals surface area contributed by atoms with Crippen LogP contribution in [0.2, 0.25) is 0 Å². The van der Waals surface area contributed by atoms with E-state index in [-0.39, 0.29) is 6.04 Å². The van der Waals surface area contributed by atoms with Gasteiger partial charge >= 0.3 is 0 Å². The minimum absolute atomic E-state index is 0.0394. The van der Waals surface area contributed by atoms with Crippen molar-refractivity contribution in [3.8, 4) is 5.75 Å². The number of aryl methyl sites for hydroxylation is 1. The van der Waals surface area contributed by atoms with Gasteiger partial charge in [-0.2, -0.15) is 5.10 Å². The van der Waals surface area contributed by atoms with Crippen LogP contribution in [0.1, 0.15) is 29.6 Å². The summed E-state index contributed by atoms with van der Waals surface area (Å²) in [4.78, 5) is 0. The molecule has 100 valence electrons. The molecule has 1 aromatic carbocycles. The molecular weight excluding hydrogens is 240 g/mol. The summed E-state index contributed by atoms with van der Waals surface area (Å²) in [7, 11) is 1.94. The summed E-state index contributed by atoms with van der Waals surface area (Å²) >= 11 is 0. The minimum Gasteiger partial charge on any atom is -0.493 e. The second kappa shape index (κ2) is 5.03. The molecule has 0 amide bonds. The molecule has 0 fully saturated rings. The summed E-state index contributed by atoms with van der Waals surface area (Å²) in [5.74, 6) is 7.04. The SMILES string of the molecule is Cn1nccc1C(NN)C1CCOc2ccccc21. The fourth-order valence-electron chi connectivity index (χ4n) is 2.81. The molecule has 5 nitrogen and oxygen atoms in total. The Morgan fingerprint density at radius 3 is 3.00 bits per heavy atom.